The quantitative estimate of drug-likeness (QED) is 0.866. The third kappa shape index (κ3) is 2.57. The number of hydrazone groups is 1. The van der Waals surface area contributed by atoms with Crippen LogP contribution in [0.1, 0.15) is 30.4 Å². The number of piperidine rings is 1. The van der Waals surface area contributed by atoms with Crippen LogP contribution in [0.25, 0.3) is 6.08 Å². The number of fused-ring (bicyclic) bond motifs is 2. The minimum Gasteiger partial charge on any atom is -0.381 e. The topological polar surface area (TPSA) is 56.7 Å². The van der Waals surface area contributed by atoms with Crippen LogP contribution < -0.4 is 10.7 Å². The number of nitrogens with zero attached hydrogens (tertiary/aromatic N) is 2. The molecule has 0 saturated carbocycles. The first-order valence-electron chi connectivity index (χ1n) is 9.85. The molecule has 2 heterocycles. The zero-order chi connectivity index (χ0) is 18.3. The molecule has 138 valence electrons. The lowest BCUT2D eigenvalue weighted by Crippen LogP contribution is -2.45. The van der Waals surface area contributed by atoms with Crippen LogP contribution in [0.3, 0.4) is 0 Å². The van der Waals surface area contributed by atoms with Crippen molar-refractivity contribution in [3.63, 3.8) is 0 Å². The molecule has 1 aromatic rings. The van der Waals surface area contributed by atoms with Crippen molar-refractivity contribution < 1.29 is 4.79 Å². The Morgan fingerprint density at radius 3 is 2.89 bits per heavy atom. The number of ketones is 1. The Kier molecular flexibility index (Phi) is 3.97. The minimum absolute atomic E-state index is 0.0770. The van der Waals surface area contributed by atoms with Gasteiger partial charge in [-0.1, -0.05) is 42.8 Å². The maximum atomic E-state index is 13.5. The van der Waals surface area contributed by atoms with E-state index in [-0.39, 0.29) is 5.78 Å². The van der Waals surface area contributed by atoms with Crippen LogP contribution >= 0.6 is 0 Å². The number of hydrogen-bond acceptors (Lipinski definition) is 5. The van der Waals surface area contributed by atoms with Gasteiger partial charge in [-0.15, -0.1) is 0 Å². The standard InChI is InChI=1S/C22H24N4O/c27-21-18(23-12-15-26-13-4-1-5-14-26)8-9-19-22(21)11-10-16-6-2-3-7-17(16)20(22)25-24-19/h2-3,6-11,23-24H,1,4-5,12-15H2. The first-order chi connectivity index (χ1) is 13.3. The zero-order valence-corrected chi connectivity index (χ0v) is 15.4. The number of rotatable bonds is 4. The smallest absolute Gasteiger partial charge is 0.200 e. The molecule has 5 rings (SSSR count). The molecule has 0 amide bonds. The van der Waals surface area contributed by atoms with E-state index in [4.69, 9.17) is 0 Å². The first kappa shape index (κ1) is 16.5. The van der Waals surface area contributed by atoms with Crippen molar-refractivity contribution in [3.05, 3.63) is 65.0 Å². The summed E-state index contributed by atoms with van der Waals surface area (Å²) in [6.07, 6.45) is 11.8. The van der Waals surface area contributed by atoms with Gasteiger partial charge < -0.3 is 10.2 Å². The molecule has 0 radical (unpaired) electrons. The molecule has 1 aromatic carbocycles. The Balaban J connectivity index is 1.37. The Bertz CT molecular complexity index is 905. The molecule has 0 aromatic heterocycles. The average Bonchev–Trinajstić information content (AvgIpc) is 3.12. The van der Waals surface area contributed by atoms with Crippen molar-refractivity contribution in [3.8, 4) is 0 Å². The third-order valence-corrected chi connectivity index (χ3v) is 6.03. The van der Waals surface area contributed by atoms with Gasteiger partial charge in [0.2, 0.25) is 5.78 Å². The van der Waals surface area contributed by atoms with Crippen LogP contribution in [-0.4, -0.2) is 42.6 Å². The van der Waals surface area contributed by atoms with E-state index in [1.54, 1.807) is 0 Å². The lowest BCUT2D eigenvalue weighted by atomic mass is 9.68. The van der Waals surface area contributed by atoms with Crippen LogP contribution in [0.4, 0.5) is 0 Å². The van der Waals surface area contributed by atoms with Crippen molar-refractivity contribution in [1.82, 2.24) is 15.6 Å². The fraction of sp³-hybridized carbons (Fsp3) is 0.364. The summed E-state index contributed by atoms with van der Waals surface area (Å²) in [4.78, 5) is 16.0. The molecule has 0 bridgehead atoms. The number of carbonyl (C=O) groups is 1. The number of nitrogens with one attached hydrogen (secondary N) is 2. The minimum atomic E-state index is -0.809. The van der Waals surface area contributed by atoms with Crippen LogP contribution in [-0.2, 0) is 4.79 Å². The lowest BCUT2D eigenvalue weighted by Gasteiger charge is -2.33. The summed E-state index contributed by atoms with van der Waals surface area (Å²) in [6.45, 7) is 4.11. The monoisotopic (exact) mass is 360 g/mol. The fourth-order valence-electron chi connectivity index (χ4n) is 4.53. The van der Waals surface area contributed by atoms with E-state index >= 15 is 0 Å². The summed E-state index contributed by atoms with van der Waals surface area (Å²) in [5, 5.41) is 7.92. The Morgan fingerprint density at radius 2 is 2.00 bits per heavy atom. The molecule has 2 aliphatic heterocycles. The number of benzene rings is 1. The fourth-order valence-corrected chi connectivity index (χ4v) is 4.53. The maximum Gasteiger partial charge on any atom is 0.200 e. The summed E-state index contributed by atoms with van der Waals surface area (Å²) in [6, 6.07) is 8.11. The maximum absolute atomic E-state index is 13.5. The third-order valence-electron chi connectivity index (χ3n) is 6.03. The van der Waals surface area contributed by atoms with E-state index in [1.807, 2.05) is 42.5 Å². The SMILES string of the molecule is O=C1C(NCCN2CCCCC2)=CC=C2NN=C3c4ccccc4C=CC123. The lowest BCUT2D eigenvalue weighted by molar-refractivity contribution is -0.119. The van der Waals surface area contributed by atoms with Crippen molar-refractivity contribution in [2.45, 2.75) is 19.3 Å². The summed E-state index contributed by atoms with van der Waals surface area (Å²) in [5.74, 6) is 0.0770. The molecule has 5 heteroatoms. The number of hydrogen-bond donors (Lipinski definition) is 2. The molecule has 5 nitrogen and oxygen atoms in total. The van der Waals surface area contributed by atoms with Gasteiger partial charge >= 0.3 is 0 Å². The molecule has 1 unspecified atom stereocenters. The highest BCUT2D eigenvalue weighted by molar-refractivity contribution is 6.29. The van der Waals surface area contributed by atoms with E-state index in [0.29, 0.717) is 5.70 Å². The molecule has 1 saturated heterocycles. The van der Waals surface area contributed by atoms with Crippen LogP contribution in [0, 0.1) is 5.41 Å². The Morgan fingerprint density at radius 1 is 1.15 bits per heavy atom. The first-order valence-corrected chi connectivity index (χ1v) is 9.85. The molecular weight excluding hydrogens is 336 g/mol. The summed E-state index contributed by atoms with van der Waals surface area (Å²) in [5.41, 5.74) is 6.73. The second-order valence-electron chi connectivity index (χ2n) is 7.62. The van der Waals surface area contributed by atoms with E-state index in [9.17, 15) is 4.79 Å². The predicted octanol–water partition coefficient (Wildman–Crippen LogP) is 2.43. The second kappa shape index (κ2) is 6.50. The average molecular weight is 360 g/mol. The van der Waals surface area contributed by atoms with E-state index in [1.165, 1.54) is 32.4 Å². The van der Waals surface area contributed by atoms with E-state index in [2.05, 4.69) is 26.8 Å². The van der Waals surface area contributed by atoms with Gasteiger partial charge in [0.05, 0.1) is 17.1 Å². The zero-order valence-electron chi connectivity index (χ0n) is 15.4. The van der Waals surface area contributed by atoms with Crippen LogP contribution in [0.15, 0.2) is 59.0 Å². The largest absolute Gasteiger partial charge is 0.381 e. The van der Waals surface area contributed by atoms with Gasteiger partial charge in [-0.3, -0.25) is 10.2 Å². The van der Waals surface area contributed by atoms with Crippen LogP contribution in [0.5, 0.6) is 0 Å². The molecular formula is C22H24N4O. The van der Waals surface area contributed by atoms with E-state index < -0.39 is 5.41 Å². The summed E-state index contributed by atoms with van der Waals surface area (Å²) < 4.78 is 0. The van der Waals surface area contributed by atoms with Gasteiger partial charge in [0.25, 0.3) is 0 Å². The molecule has 4 aliphatic rings. The van der Waals surface area contributed by atoms with Gasteiger partial charge in [-0.05, 0) is 43.6 Å². The summed E-state index contributed by atoms with van der Waals surface area (Å²) >= 11 is 0. The van der Waals surface area contributed by atoms with Gasteiger partial charge in [0.1, 0.15) is 5.41 Å². The van der Waals surface area contributed by atoms with Gasteiger partial charge in [0, 0.05) is 18.7 Å². The molecule has 2 aliphatic carbocycles. The molecule has 2 N–H and O–H groups in total. The second-order valence-corrected chi connectivity index (χ2v) is 7.62. The highest BCUT2D eigenvalue weighted by Gasteiger charge is 2.52. The number of allylic oxidation sites excluding steroid dienone is 4. The highest BCUT2D eigenvalue weighted by Crippen LogP contribution is 2.45. The van der Waals surface area contributed by atoms with Gasteiger partial charge in [-0.2, -0.15) is 5.10 Å². The molecule has 1 atom stereocenters. The van der Waals surface area contributed by atoms with Gasteiger partial charge in [0.15, 0.2) is 0 Å². The van der Waals surface area contributed by atoms with E-state index in [0.717, 1.165) is 35.6 Å². The van der Waals surface area contributed by atoms with Crippen LogP contribution in [0.2, 0.25) is 0 Å². The Labute approximate surface area is 159 Å². The van der Waals surface area contributed by atoms with Gasteiger partial charge in [-0.25, -0.2) is 0 Å². The van der Waals surface area contributed by atoms with Crippen molar-refractivity contribution in [2.75, 3.05) is 26.2 Å². The highest BCUT2D eigenvalue weighted by atomic mass is 16.1. The number of carbonyl (C=O) groups excluding carboxylic acids is 1. The molecule has 1 fully saturated rings. The van der Waals surface area contributed by atoms with Crippen molar-refractivity contribution >= 4 is 17.6 Å². The van der Waals surface area contributed by atoms with Crippen molar-refractivity contribution in [1.29, 1.82) is 0 Å². The predicted molar refractivity (Wildman–Crippen MR) is 107 cm³/mol. The number of likely N-dealkylation sites (tertiary alicyclic amines) is 1. The van der Waals surface area contributed by atoms with Crippen molar-refractivity contribution in [2.24, 2.45) is 10.5 Å². The number of Topliss-reactive ketones (excluding diaryl/α,β-unsaturated/α-hetero) is 1. The summed E-state index contributed by atoms with van der Waals surface area (Å²) in [7, 11) is 0. The molecule has 1 spiro atoms. The Hall–Kier alpha value is -2.66. The molecule has 27 heavy (non-hydrogen) atoms. The normalized spacial score (nSPS) is 26.2.